The molecule has 7 heteroatoms. The Kier molecular flexibility index (Phi) is 4.09. The van der Waals surface area contributed by atoms with Crippen molar-refractivity contribution in [2.24, 2.45) is 0 Å². The van der Waals surface area contributed by atoms with Crippen molar-refractivity contribution in [3.05, 3.63) is 29.8 Å². The molecule has 2 amide bonds. The molecule has 1 saturated carbocycles. The quantitative estimate of drug-likeness (QED) is 0.885. The number of nitrogens with zero attached hydrogens (tertiary/aromatic N) is 3. The van der Waals surface area contributed by atoms with Crippen molar-refractivity contribution in [3.8, 4) is 12.1 Å². The van der Waals surface area contributed by atoms with Crippen LogP contribution in [-0.2, 0) is 14.9 Å². The van der Waals surface area contributed by atoms with E-state index >= 15 is 0 Å². The second kappa shape index (κ2) is 6.21. The maximum atomic E-state index is 12.0. The van der Waals surface area contributed by atoms with Gasteiger partial charge in [-0.25, -0.2) is 4.79 Å². The van der Waals surface area contributed by atoms with Crippen molar-refractivity contribution < 1.29 is 14.3 Å². The molecule has 0 bridgehead atoms. The van der Waals surface area contributed by atoms with Gasteiger partial charge in [0.15, 0.2) is 0 Å². The summed E-state index contributed by atoms with van der Waals surface area (Å²) in [6, 6.07) is 11.5. The van der Waals surface area contributed by atoms with E-state index in [1.807, 2.05) is 24.3 Å². The van der Waals surface area contributed by atoms with Crippen molar-refractivity contribution in [2.45, 2.75) is 30.8 Å². The average Bonchev–Trinajstić information content (AvgIpc) is 3.30. The fourth-order valence-corrected chi connectivity index (χ4v) is 2.75. The standard InChI is InChI=1S/C17H16N4O3/c18-8-5-15(22)20-9-14-10-21(16(23)24-14)13-3-1-12(2-4-13)17(11-19)6-7-17/h1-4,14H,5-7,9-10H2,(H,20,22). The Morgan fingerprint density at radius 1 is 1.33 bits per heavy atom. The van der Waals surface area contributed by atoms with Crippen LogP contribution in [0.2, 0.25) is 0 Å². The number of nitriles is 2. The number of ether oxygens (including phenoxy) is 1. The van der Waals surface area contributed by atoms with E-state index in [1.165, 1.54) is 4.90 Å². The highest BCUT2D eigenvalue weighted by Gasteiger charge is 2.44. The highest BCUT2D eigenvalue weighted by Crippen LogP contribution is 2.47. The highest BCUT2D eigenvalue weighted by atomic mass is 16.6. The van der Waals surface area contributed by atoms with Crippen molar-refractivity contribution in [2.75, 3.05) is 18.0 Å². The summed E-state index contributed by atoms with van der Waals surface area (Å²) in [4.78, 5) is 24.8. The first-order valence-corrected chi connectivity index (χ1v) is 7.71. The van der Waals surface area contributed by atoms with E-state index in [9.17, 15) is 14.9 Å². The number of benzene rings is 1. The van der Waals surface area contributed by atoms with Gasteiger partial charge in [-0.2, -0.15) is 10.5 Å². The van der Waals surface area contributed by atoms with Crippen LogP contribution in [-0.4, -0.2) is 31.2 Å². The molecule has 2 aliphatic rings. The van der Waals surface area contributed by atoms with Crippen LogP contribution < -0.4 is 10.2 Å². The third-order valence-electron chi connectivity index (χ3n) is 4.34. The van der Waals surface area contributed by atoms with Gasteiger partial charge in [0.25, 0.3) is 0 Å². The number of nitrogens with one attached hydrogen (secondary N) is 1. The van der Waals surface area contributed by atoms with Gasteiger partial charge in [0, 0.05) is 5.69 Å². The fraction of sp³-hybridized carbons (Fsp3) is 0.412. The third kappa shape index (κ3) is 3.02. The highest BCUT2D eigenvalue weighted by molar-refractivity contribution is 5.90. The summed E-state index contributed by atoms with van der Waals surface area (Å²) in [6.45, 7) is 0.507. The lowest BCUT2D eigenvalue weighted by Crippen LogP contribution is -2.34. The van der Waals surface area contributed by atoms with E-state index in [4.69, 9.17) is 10.00 Å². The molecule has 7 nitrogen and oxygen atoms in total. The molecule has 1 heterocycles. The lowest BCUT2D eigenvalue weighted by Gasteiger charge is -2.14. The van der Waals surface area contributed by atoms with Gasteiger partial charge >= 0.3 is 6.09 Å². The molecular weight excluding hydrogens is 308 g/mol. The second-order valence-electron chi connectivity index (χ2n) is 6.00. The number of rotatable bonds is 5. The first kappa shape index (κ1) is 15.8. The molecule has 1 unspecified atom stereocenters. The molecule has 1 aliphatic carbocycles. The number of hydrogen-bond acceptors (Lipinski definition) is 5. The van der Waals surface area contributed by atoms with Crippen LogP contribution in [0.1, 0.15) is 24.8 Å². The number of cyclic esters (lactones) is 1. The Labute approximate surface area is 139 Å². The monoisotopic (exact) mass is 324 g/mol. The minimum atomic E-state index is -0.469. The van der Waals surface area contributed by atoms with Crippen molar-refractivity contribution in [3.63, 3.8) is 0 Å². The minimum Gasteiger partial charge on any atom is -0.442 e. The van der Waals surface area contributed by atoms with Gasteiger partial charge in [-0.1, -0.05) is 12.1 Å². The topological polar surface area (TPSA) is 106 Å². The van der Waals surface area contributed by atoms with Gasteiger partial charge in [-0.15, -0.1) is 0 Å². The fourth-order valence-electron chi connectivity index (χ4n) is 2.75. The molecule has 1 saturated heterocycles. The van der Waals surface area contributed by atoms with E-state index in [1.54, 1.807) is 6.07 Å². The van der Waals surface area contributed by atoms with Crippen LogP contribution in [0.25, 0.3) is 0 Å². The number of hydrogen-bond donors (Lipinski definition) is 1. The SMILES string of the molecule is N#CCC(=O)NCC1CN(c2ccc(C3(C#N)CC3)cc2)C(=O)O1. The molecule has 2 fully saturated rings. The Bertz CT molecular complexity index is 741. The molecule has 24 heavy (non-hydrogen) atoms. The molecule has 0 radical (unpaired) electrons. The molecule has 1 aromatic rings. The van der Waals surface area contributed by atoms with Gasteiger partial charge < -0.3 is 10.1 Å². The molecule has 1 aliphatic heterocycles. The van der Waals surface area contributed by atoms with Gasteiger partial charge in [-0.05, 0) is 30.5 Å². The van der Waals surface area contributed by atoms with E-state index in [-0.39, 0.29) is 24.3 Å². The van der Waals surface area contributed by atoms with Crippen molar-refractivity contribution >= 4 is 17.7 Å². The smallest absolute Gasteiger partial charge is 0.414 e. The zero-order chi connectivity index (χ0) is 17.2. The Balaban J connectivity index is 1.61. The van der Waals surface area contributed by atoms with Crippen LogP contribution in [0.3, 0.4) is 0 Å². The van der Waals surface area contributed by atoms with Crippen LogP contribution in [0, 0.1) is 22.7 Å². The number of carbonyl (C=O) groups excluding carboxylic acids is 2. The largest absolute Gasteiger partial charge is 0.442 e. The Morgan fingerprint density at radius 3 is 2.62 bits per heavy atom. The Morgan fingerprint density at radius 2 is 2.04 bits per heavy atom. The van der Waals surface area contributed by atoms with Crippen LogP contribution in [0.5, 0.6) is 0 Å². The lowest BCUT2D eigenvalue weighted by molar-refractivity contribution is -0.120. The summed E-state index contributed by atoms with van der Waals surface area (Å²) in [7, 11) is 0. The van der Waals surface area contributed by atoms with E-state index < -0.39 is 12.2 Å². The van der Waals surface area contributed by atoms with Crippen LogP contribution >= 0.6 is 0 Å². The van der Waals surface area contributed by atoms with Gasteiger partial charge in [0.1, 0.15) is 12.5 Å². The first-order valence-electron chi connectivity index (χ1n) is 7.71. The number of anilines is 1. The average molecular weight is 324 g/mol. The zero-order valence-corrected chi connectivity index (χ0v) is 13.0. The summed E-state index contributed by atoms with van der Waals surface area (Å²) in [5.74, 6) is -0.386. The van der Waals surface area contributed by atoms with Gasteiger partial charge in [0.05, 0.1) is 30.6 Å². The lowest BCUT2D eigenvalue weighted by atomic mass is 9.97. The van der Waals surface area contributed by atoms with Crippen LogP contribution in [0.4, 0.5) is 10.5 Å². The van der Waals surface area contributed by atoms with E-state index in [2.05, 4.69) is 11.4 Å². The summed E-state index contributed by atoms with van der Waals surface area (Å²) >= 11 is 0. The van der Waals surface area contributed by atoms with Crippen molar-refractivity contribution in [1.29, 1.82) is 10.5 Å². The molecule has 0 aromatic heterocycles. The van der Waals surface area contributed by atoms with Gasteiger partial charge in [0.2, 0.25) is 5.91 Å². The maximum absolute atomic E-state index is 12.0. The summed E-state index contributed by atoms with van der Waals surface area (Å²) in [5.41, 5.74) is 1.32. The molecule has 1 aromatic carbocycles. The van der Waals surface area contributed by atoms with E-state index in [0.717, 1.165) is 18.4 Å². The molecule has 3 rings (SSSR count). The second-order valence-corrected chi connectivity index (χ2v) is 6.00. The predicted octanol–water partition coefficient (Wildman–Crippen LogP) is 1.60. The maximum Gasteiger partial charge on any atom is 0.414 e. The summed E-state index contributed by atoms with van der Waals surface area (Å²) in [6.07, 6.45) is 0.613. The normalized spacial score (nSPS) is 20.7. The summed E-state index contributed by atoms with van der Waals surface area (Å²) in [5, 5.41) is 20.2. The molecule has 1 atom stereocenters. The van der Waals surface area contributed by atoms with Gasteiger partial charge in [-0.3, -0.25) is 9.69 Å². The molecule has 122 valence electrons. The molecular formula is C17H16N4O3. The van der Waals surface area contributed by atoms with Crippen LogP contribution in [0.15, 0.2) is 24.3 Å². The minimum absolute atomic E-state index is 0.179. The zero-order valence-electron chi connectivity index (χ0n) is 13.0. The first-order chi connectivity index (χ1) is 11.6. The third-order valence-corrected chi connectivity index (χ3v) is 4.34. The number of carbonyl (C=O) groups is 2. The molecule has 0 spiro atoms. The van der Waals surface area contributed by atoms with E-state index in [0.29, 0.717) is 12.2 Å². The summed E-state index contributed by atoms with van der Waals surface area (Å²) < 4.78 is 5.22. The predicted molar refractivity (Wildman–Crippen MR) is 83.8 cm³/mol. The Hall–Kier alpha value is -3.06. The molecule has 1 N–H and O–H groups in total. The number of amides is 2. The van der Waals surface area contributed by atoms with Crippen molar-refractivity contribution in [1.82, 2.24) is 5.32 Å².